The highest BCUT2D eigenvalue weighted by Crippen LogP contribution is 2.30. The van der Waals surface area contributed by atoms with Gasteiger partial charge in [0.2, 0.25) is 5.91 Å². The first kappa shape index (κ1) is 24.7. The fourth-order valence-corrected chi connectivity index (χ4v) is 4.07. The van der Waals surface area contributed by atoms with Gasteiger partial charge in [-0.25, -0.2) is 18.0 Å². The van der Waals surface area contributed by atoms with Gasteiger partial charge in [-0.05, 0) is 30.9 Å². The smallest absolute Gasteiger partial charge is 0.327 e. The predicted molar refractivity (Wildman–Crippen MR) is 102 cm³/mol. The van der Waals surface area contributed by atoms with Crippen LogP contribution < -0.4 is 16.6 Å². The van der Waals surface area contributed by atoms with E-state index in [0.717, 1.165) is 4.90 Å². The average molecular weight is 495 g/mol. The molecular weight excluding hydrogens is 475 g/mol. The van der Waals surface area contributed by atoms with Crippen molar-refractivity contribution in [2.75, 3.05) is 6.54 Å². The van der Waals surface area contributed by atoms with Crippen LogP contribution >= 0.6 is 0 Å². The van der Waals surface area contributed by atoms with Crippen LogP contribution in [-0.4, -0.2) is 65.4 Å². The van der Waals surface area contributed by atoms with Crippen LogP contribution in [0.3, 0.4) is 0 Å². The largest absolute Gasteiger partial charge is 0.418 e. The van der Waals surface area contributed by atoms with Gasteiger partial charge in [-0.3, -0.25) is 25.0 Å². The number of hydrogen-bond donors (Lipinski definition) is 4. The molecule has 0 aromatic heterocycles. The summed E-state index contributed by atoms with van der Waals surface area (Å²) in [5.74, 6) is -5.18. The van der Waals surface area contributed by atoms with E-state index in [1.54, 1.807) is 0 Å². The van der Waals surface area contributed by atoms with Crippen molar-refractivity contribution in [1.82, 2.24) is 20.8 Å². The van der Waals surface area contributed by atoms with E-state index in [0.29, 0.717) is 17.2 Å². The molecule has 2 bridgehead atoms. The number of hydrazine groups is 1. The Kier molecular flexibility index (Phi) is 7.11. The monoisotopic (exact) mass is 495 g/mol. The molecule has 1 aromatic rings. The minimum absolute atomic E-state index is 0.0367. The highest BCUT2D eigenvalue weighted by atomic mass is 32.3. The van der Waals surface area contributed by atoms with Gasteiger partial charge in [0.15, 0.2) is 11.6 Å². The molecule has 2 heterocycles. The molecule has 0 radical (unpaired) electrons. The van der Waals surface area contributed by atoms with Crippen LogP contribution in [0.5, 0.6) is 0 Å². The zero-order chi connectivity index (χ0) is 24.5. The Morgan fingerprint density at radius 3 is 2.52 bits per heavy atom. The maximum atomic E-state index is 13.7. The number of benzene rings is 1. The Labute approximate surface area is 185 Å². The van der Waals surface area contributed by atoms with E-state index >= 15 is 0 Å². The molecule has 3 rings (SSSR count). The van der Waals surface area contributed by atoms with Gasteiger partial charge in [-0.1, -0.05) is 0 Å². The van der Waals surface area contributed by atoms with Crippen molar-refractivity contribution >= 4 is 28.2 Å². The summed E-state index contributed by atoms with van der Waals surface area (Å²) < 4.78 is 74.8. The van der Waals surface area contributed by atoms with Crippen molar-refractivity contribution in [2.45, 2.75) is 43.8 Å². The first-order chi connectivity index (χ1) is 15.4. The Morgan fingerprint density at radius 1 is 1.18 bits per heavy atom. The maximum Gasteiger partial charge on any atom is 0.418 e. The maximum absolute atomic E-state index is 13.7. The van der Waals surface area contributed by atoms with Crippen LogP contribution in [0.2, 0.25) is 0 Å². The SMILES string of the molecule is N[C@@H](CC(=O)NNC(=O)[C@@H]1CCC2CN1C(=O)N2OS(=O)(=O)O)Cc1cc(F)c(F)cc1F. The van der Waals surface area contributed by atoms with Crippen LogP contribution in [0, 0.1) is 17.5 Å². The third-order valence-electron chi connectivity index (χ3n) is 5.14. The van der Waals surface area contributed by atoms with Crippen molar-refractivity contribution in [3.63, 3.8) is 0 Å². The number of fused-ring (bicyclic) bond motifs is 2. The molecule has 33 heavy (non-hydrogen) atoms. The zero-order valence-electron chi connectivity index (χ0n) is 16.8. The Hall–Kier alpha value is -2.95. The lowest BCUT2D eigenvalue weighted by Crippen LogP contribution is -2.54. The minimum atomic E-state index is -4.93. The van der Waals surface area contributed by atoms with Gasteiger partial charge in [-0.15, -0.1) is 4.28 Å². The first-order valence-corrected chi connectivity index (χ1v) is 11.0. The van der Waals surface area contributed by atoms with Crippen molar-refractivity contribution in [3.8, 4) is 0 Å². The van der Waals surface area contributed by atoms with Gasteiger partial charge in [0.25, 0.3) is 5.91 Å². The highest BCUT2D eigenvalue weighted by Gasteiger charge is 2.49. The molecular formula is C17H20F3N5O7S. The summed E-state index contributed by atoms with van der Waals surface area (Å²) in [7, 11) is -4.93. The molecule has 5 N–H and O–H groups in total. The van der Waals surface area contributed by atoms with E-state index in [2.05, 4.69) is 15.1 Å². The Bertz CT molecular complexity index is 1070. The van der Waals surface area contributed by atoms with Gasteiger partial charge in [0, 0.05) is 25.1 Å². The molecule has 4 amide bonds. The summed E-state index contributed by atoms with van der Waals surface area (Å²) >= 11 is 0. The fourth-order valence-electron chi connectivity index (χ4n) is 3.68. The normalized spacial score (nSPS) is 21.2. The Morgan fingerprint density at radius 2 is 1.85 bits per heavy atom. The summed E-state index contributed by atoms with van der Waals surface area (Å²) in [6, 6.07) is -2.65. The molecule has 16 heteroatoms. The quantitative estimate of drug-likeness (QED) is 0.223. The van der Waals surface area contributed by atoms with E-state index in [9.17, 15) is 36.0 Å². The second-order valence-corrected chi connectivity index (χ2v) is 8.58. The van der Waals surface area contributed by atoms with Gasteiger partial charge in [0.1, 0.15) is 11.9 Å². The number of hydrogen-bond acceptors (Lipinski definition) is 7. The Balaban J connectivity index is 1.50. The summed E-state index contributed by atoms with van der Waals surface area (Å²) in [5, 5.41) is 0.470. The first-order valence-electron chi connectivity index (χ1n) is 9.60. The number of nitrogens with one attached hydrogen (secondary N) is 2. The number of halogens is 3. The molecule has 0 saturated carbocycles. The summed E-state index contributed by atoms with van der Waals surface area (Å²) in [5.41, 5.74) is 9.73. The van der Waals surface area contributed by atoms with Gasteiger partial charge < -0.3 is 10.6 Å². The lowest BCUT2D eigenvalue weighted by atomic mass is 10.0. The fraction of sp³-hybridized carbons (Fsp3) is 0.471. The number of urea groups is 1. The van der Waals surface area contributed by atoms with Crippen LogP contribution in [0.4, 0.5) is 18.0 Å². The molecule has 1 unspecified atom stereocenters. The summed E-state index contributed by atoms with van der Waals surface area (Å²) in [6.45, 7) is -0.0367. The molecule has 3 atom stereocenters. The molecule has 0 spiro atoms. The van der Waals surface area contributed by atoms with Crippen LogP contribution in [0.1, 0.15) is 24.8 Å². The number of nitrogens with zero attached hydrogens (tertiary/aromatic N) is 2. The molecule has 2 saturated heterocycles. The second kappa shape index (κ2) is 9.50. The van der Waals surface area contributed by atoms with Crippen LogP contribution in [-0.2, 0) is 30.7 Å². The third-order valence-corrected chi connectivity index (χ3v) is 5.49. The number of amides is 4. The number of nitrogens with two attached hydrogens (primary N) is 1. The lowest BCUT2D eigenvalue weighted by molar-refractivity contribution is -0.132. The van der Waals surface area contributed by atoms with Crippen molar-refractivity contribution in [1.29, 1.82) is 0 Å². The van der Waals surface area contributed by atoms with E-state index in [1.165, 1.54) is 0 Å². The molecule has 2 fully saturated rings. The number of carbonyl (C=O) groups is 3. The molecule has 182 valence electrons. The van der Waals surface area contributed by atoms with E-state index in [4.69, 9.17) is 10.3 Å². The predicted octanol–water partition coefficient (Wildman–Crippen LogP) is -0.486. The highest BCUT2D eigenvalue weighted by molar-refractivity contribution is 7.80. The van der Waals surface area contributed by atoms with Gasteiger partial charge in [0.05, 0.1) is 6.04 Å². The average Bonchev–Trinajstić information content (AvgIpc) is 2.93. The van der Waals surface area contributed by atoms with E-state index in [1.807, 2.05) is 0 Å². The van der Waals surface area contributed by atoms with Crippen LogP contribution in [0.15, 0.2) is 12.1 Å². The summed E-state index contributed by atoms with van der Waals surface area (Å²) in [6.07, 6.45) is -0.364. The number of carbonyl (C=O) groups excluding carboxylic acids is 3. The molecule has 12 nitrogen and oxygen atoms in total. The standard InChI is InChI=1S/C17H20F3N5O7S/c18-11-6-13(20)12(19)4-8(11)3-9(21)5-15(26)22-23-16(27)14-2-1-10-7-24(14)17(28)25(10)32-33(29,30)31/h4,6,9-10,14H,1-3,5,7,21H2,(H,22,26)(H,23,27)(H,29,30,31)/t9-,10?,14+/m1/s1. The number of rotatable bonds is 7. The van der Waals surface area contributed by atoms with E-state index in [-0.39, 0.29) is 31.4 Å². The third kappa shape index (κ3) is 5.89. The van der Waals surface area contributed by atoms with Crippen molar-refractivity contribution in [3.05, 3.63) is 35.1 Å². The molecule has 0 aliphatic carbocycles. The second-order valence-electron chi connectivity index (χ2n) is 7.57. The van der Waals surface area contributed by atoms with Crippen molar-refractivity contribution < 1.29 is 44.8 Å². The molecule has 2 aliphatic rings. The number of piperidine rings is 1. The van der Waals surface area contributed by atoms with E-state index < -0.39 is 70.2 Å². The van der Waals surface area contributed by atoms with Crippen LogP contribution in [0.25, 0.3) is 0 Å². The topological polar surface area (TPSA) is 171 Å². The lowest BCUT2D eigenvalue weighted by Gasteiger charge is -2.29. The summed E-state index contributed by atoms with van der Waals surface area (Å²) in [4.78, 5) is 37.8. The zero-order valence-corrected chi connectivity index (χ0v) is 17.6. The van der Waals surface area contributed by atoms with Crippen molar-refractivity contribution in [2.24, 2.45) is 5.73 Å². The van der Waals surface area contributed by atoms with Gasteiger partial charge >= 0.3 is 16.4 Å². The van der Waals surface area contributed by atoms with Gasteiger partial charge in [-0.2, -0.15) is 13.5 Å². The molecule has 2 aliphatic heterocycles. The number of hydroxylamine groups is 2. The minimum Gasteiger partial charge on any atom is -0.327 e. The molecule has 1 aromatic carbocycles.